The number of hydrogen-bond acceptors (Lipinski definition) is 2. The number of nitrogens with one attached hydrogen (secondary N) is 1. The molecule has 0 aromatic heterocycles. The van der Waals surface area contributed by atoms with Crippen LogP contribution in [0, 0.1) is 5.41 Å². The first-order valence-electron chi connectivity index (χ1n) is 5.35. The van der Waals surface area contributed by atoms with Crippen LogP contribution in [0.2, 0.25) is 0 Å². The molecule has 0 fully saturated rings. The minimum Gasteiger partial charge on any atom is -0.496 e. The van der Waals surface area contributed by atoms with Crippen molar-refractivity contribution < 1.29 is 4.74 Å². The van der Waals surface area contributed by atoms with Crippen molar-refractivity contribution in [3.8, 4) is 5.75 Å². The fraction of sp³-hybridized carbons (Fsp3) is 0.538. The Hall–Kier alpha value is -1.02. The summed E-state index contributed by atoms with van der Waals surface area (Å²) in [7, 11) is 3.72. The third kappa shape index (κ3) is 3.56. The monoisotopic (exact) mass is 207 g/mol. The average molecular weight is 207 g/mol. The van der Waals surface area contributed by atoms with Crippen molar-refractivity contribution in [2.24, 2.45) is 5.41 Å². The van der Waals surface area contributed by atoms with Crippen molar-refractivity contribution in [3.05, 3.63) is 29.8 Å². The molecule has 0 aliphatic rings. The lowest BCUT2D eigenvalue weighted by Crippen LogP contribution is -2.28. The quantitative estimate of drug-likeness (QED) is 0.801. The second kappa shape index (κ2) is 5.17. The lowest BCUT2D eigenvalue weighted by Gasteiger charge is -2.25. The van der Waals surface area contributed by atoms with Crippen LogP contribution in [0.3, 0.4) is 0 Å². The van der Waals surface area contributed by atoms with E-state index in [1.807, 2.05) is 19.2 Å². The van der Waals surface area contributed by atoms with Gasteiger partial charge in [0.1, 0.15) is 5.75 Å². The van der Waals surface area contributed by atoms with Crippen LogP contribution in [0.5, 0.6) is 5.75 Å². The first-order valence-corrected chi connectivity index (χ1v) is 5.35. The maximum atomic E-state index is 5.35. The molecule has 0 aliphatic carbocycles. The Kier molecular flexibility index (Phi) is 4.15. The number of benzene rings is 1. The van der Waals surface area contributed by atoms with E-state index in [9.17, 15) is 0 Å². The molecule has 15 heavy (non-hydrogen) atoms. The Balaban J connectivity index is 2.79. The summed E-state index contributed by atoms with van der Waals surface area (Å²) in [6.07, 6.45) is 1.03. The fourth-order valence-electron chi connectivity index (χ4n) is 1.91. The summed E-state index contributed by atoms with van der Waals surface area (Å²) in [4.78, 5) is 0. The van der Waals surface area contributed by atoms with E-state index in [1.54, 1.807) is 7.11 Å². The van der Waals surface area contributed by atoms with Crippen molar-refractivity contribution in [1.82, 2.24) is 5.32 Å². The smallest absolute Gasteiger partial charge is 0.122 e. The minimum atomic E-state index is 0.253. The highest BCUT2D eigenvalue weighted by molar-refractivity contribution is 5.33. The predicted octanol–water partition coefficient (Wildman–Crippen LogP) is 2.48. The standard InChI is InChI=1S/C13H21NO/c1-13(2,10-14-3)9-11-7-5-6-8-12(11)15-4/h5-8,14H,9-10H2,1-4H3. The van der Waals surface area contributed by atoms with Crippen LogP contribution in [0.15, 0.2) is 24.3 Å². The molecule has 1 aromatic carbocycles. The number of rotatable bonds is 5. The Morgan fingerprint density at radius 3 is 2.53 bits per heavy atom. The normalized spacial score (nSPS) is 11.5. The van der Waals surface area contributed by atoms with Crippen molar-refractivity contribution in [2.45, 2.75) is 20.3 Å². The van der Waals surface area contributed by atoms with Crippen LogP contribution in [0.4, 0.5) is 0 Å². The molecule has 0 atom stereocenters. The van der Waals surface area contributed by atoms with Gasteiger partial charge in [0.25, 0.3) is 0 Å². The van der Waals surface area contributed by atoms with Crippen LogP contribution >= 0.6 is 0 Å². The summed E-state index contributed by atoms with van der Waals surface area (Å²) < 4.78 is 5.35. The zero-order valence-electron chi connectivity index (χ0n) is 10.1. The van der Waals surface area contributed by atoms with E-state index in [0.29, 0.717) is 0 Å². The zero-order chi connectivity index (χ0) is 11.3. The van der Waals surface area contributed by atoms with Gasteiger partial charge in [0, 0.05) is 6.54 Å². The van der Waals surface area contributed by atoms with Crippen molar-refractivity contribution in [2.75, 3.05) is 20.7 Å². The molecule has 0 saturated carbocycles. The Bertz CT molecular complexity index is 307. The van der Waals surface area contributed by atoms with Gasteiger partial charge in [-0.25, -0.2) is 0 Å². The van der Waals surface area contributed by atoms with Crippen LogP contribution in [-0.2, 0) is 6.42 Å². The van der Waals surface area contributed by atoms with E-state index >= 15 is 0 Å². The van der Waals surface area contributed by atoms with Gasteiger partial charge in [0.2, 0.25) is 0 Å². The van der Waals surface area contributed by atoms with Gasteiger partial charge in [-0.3, -0.25) is 0 Å². The van der Waals surface area contributed by atoms with Gasteiger partial charge >= 0.3 is 0 Å². The first kappa shape index (κ1) is 12.1. The second-order valence-electron chi connectivity index (χ2n) is 4.68. The highest BCUT2D eigenvalue weighted by Gasteiger charge is 2.19. The number of para-hydroxylation sites is 1. The maximum Gasteiger partial charge on any atom is 0.122 e. The van der Waals surface area contributed by atoms with E-state index < -0.39 is 0 Å². The zero-order valence-corrected chi connectivity index (χ0v) is 10.1. The van der Waals surface area contributed by atoms with Gasteiger partial charge in [-0.2, -0.15) is 0 Å². The number of methoxy groups -OCH3 is 1. The molecule has 1 aromatic rings. The largest absolute Gasteiger partial charge is 0.496 e. The SMILES string of the molecule is CNCC(C)(C)Cc1ccccc1OC. The molecule has 84 valence electrons. The van der Waals surface area contributed by atoms with Crippen molar-refractivity contribution >= 4 is 0 Å². The maximum absolute atomic E-state index is 5.35. The molecule has 1 rings (SSSR count). The van der Waals surface area contributed by atoms with E-state index in [-0.39, 0.29) is 5.41 Å². The van der Waals surface area contributed by atoms with Crippen LogP contribution in [0.1, 0.15) is 19.4 Å². The molecule has 2 heteroatoms. The average Bonchev–Trinajstić information content (AvgIpc) is 2.17. The number of hydrogen-bond donors (Lipinski definition) is 1. The summed E-state index contributed by atoms with van der Waals surface area (Å²) >= 11 is 0. The van der Waals surface area contributed by atoms with E-state index in [1.165, 1.54) is 5.56 Å². The summed E-state index contributed by atoms with van der Waals surface area (Å²) in [6.45, 7) is 5.52. The molecule has 0 saturated heterocycles. The molecule has 0 spiro atoms. The van der Waals surface area contributed by atoms with E-state index in [0.717, 1.165) is 18.7 Å². The molecule has 0 amide bonds. The minimum absolute atomic E-state index is 0.253. The van der Waals surface area contributed by atoms with Gasteiger partial charge in [-0.05, 0) is 30.5 Å². The van der Waals surface area contributed by atoms with Crippen molar-refractivity contribution in [1.29, 1.82) is 0 Å². The first-order chi connectivity index (χ1) is 7.09. The predicted molar refractivity (Wildman–Crippen MR) is 64.4 cm³/mol. The summed E-state index contributed by atoms with van der Waals surface area (Å²) in [6, 6.07) is 8.22. The Morgan fingerprint density at radius 2 is 1.93 bits per heavy atom. The highest BCUT2D eigenvalue weighted by atomic mass is 16.5. The molecule has 0 heterocycles. The molecular weight excluding hydrogens is 186 g/mol. The third-order valence-corrected chi connectivity index (χ3v) is 2.52. The number of ether oxygens (including phenoxy) is 1. The van der Waals surface area contributed by atoms with Gasteiger partial charge in [0.05, 0.1) is 7.11 Å². The van der Waals surface area contributed by atoms with Crippen LogP contribution in [0.25, 0.3) is 0 Å². The van der Waals surface area contributed by atoms with E-state index in [2.05, 4.69) is 31.3 Å². The van der Waals surface area contributed by atoms with Gasteiger partial charge in [0.15, 0.2) is 0 Å². The van der Waals surface area contributed by atoms with Gasteiger partial charge < -0.3 is 10.1 Å². The van der Waals surface area contributed by atoms with E-state index in [4.69, 9.17) is 4.74 Å². The summed E-state index contributed by atoms with van der Waals surface area (Å²) in [5.74, 6) is 0.988. The molecule has 0 bridgehead atoms. The fourth-order valence-corrected chi connectivity index (χ4v) is 1.91. The van der Waals surface area contributed by atoms with Gasteiger partial charge in [-0.15, -0.1) is 0 Å². The molecule has 0 unspecified atom stereocenters. The van der Waals surface area contributed by atoms with Crippen LogP contribution < -0.4 is 10.1 Å². The summed E-state index contributed by atoms with van der Waals surface area (Å²) in [5, 5.41) is 3.22. The highest BCUT2D eigenvalue weighted by Crippen LogP contribution is 2.26. The molecular formula is C13H21NO. The van der Waals surface area contributed by atoms with Crippen LogP contribution in [-0.4, -0.2) is 20.7 Å². The molecule has 0 aliphatic heterocycles. The van der Waals surface area contributed by atoms with Gasteiger partial charge in [-0.1, -0.05) is 32.0 Å². The molecule has 2 nitrogen and oxygen atoms in total. The molecule has 0 radical (unpaired) electrons. The lowest BCUT2D eigenvalue weighted by atomic mass is 9.85. The summed E-state index contributed by atoms with van der Waals surface area (Å²) in [5.41, 5.74) is 1.53. The Morgan fingerprint density at radius 1 is 1.27 bits per heavy atom. The topological polar surface area (TPSA) is 21.3 Å². The third-order valence-electron chi connectivity index (χ3n) is 2.52. The van der Waals surface area contributed by atoms with Crippen molar-refractivity contribution in [3.63, 3.8) is 0 Å². The lowest BCUT2D eigenvalue weighted by molar-refractivity contribution is 0.339. The Labute approximate surface area is 92.6 Å². The molecule has 1 N–H and O–H groups in total. The second-order valence-corrected chi connectivity index (χ2v) is 4.68.